The van der Waals surface area contributed by atoms with E-state index >= 15 is 0 Å². The average molecular weight is 271 g/mol. The van der Waals surface area contributed by atoms with Crippen LogP contribution in [0, 0.1) is 11.3 Å². The molecule has 0 radical (unpaired) electrons. The molecule has 1 fully saturated rings. The minimum Gasteiger partial charge on any atom is -0.381 e. The minimum absolute atomic E-state index is 0.436. The van der Waals surface area contributed by atoms with Crippen LogP contribution in [0.5, 0.6) is 0 Å². The van der Waals surface area contributed by atoms with E-state index in [0.717, 1.165) is 25.2 Å². The Labute approximate surface area is 120 Å². The summed E-state index contributed by atoms with van der Waals surface area (Å²) < 4.78 is 0. The van der Waals surface area contributed by atoms with Gasteiger partial charge in [0.1, 0.15) is 6.07 Å². The Balaban J connectivity index is 2.10. The lowest BCUT2D eigenvalue weighted by molar-refractivity contribution is 0.480. The van der Waals surface area contributed by atoms with Crippen molar-refractivity contribution < 1.29 is 0 Å². The molecule has 1 aliphatic heterocycles. The van der Waals surface area contributed by atoms with E-state index in [0.29, 0.717) is 17.3 Å². The summed E-state index contributed by atoms with van der Waals surface area (Å²) in [7, 11) is 3.81. The molecule has 1 heterocycles. The highest BCUT2D eigenvalue weighted by atomic mass is 15.1. The van der Waals surface area contributed by atoms with Crippen molar-refractivity contribution in [3.63, 3.8) is 0 Å². The van der Waals surface area contributed by atoms with Crippen LogP contribution in [0.25, 0.3) is 0 Å². The van der Waals surface area contributed by atoms with Crippen LogP contribution < -0.4 is 10.6 Å². The lowest BCUT2D eigenvalue weighted by Crippen LogP contribution is -2.38. The van der Waals surface area contributed by atoms with E-state index in [-0.39, 0.29) is 0 Å². The maximum atomic E-state index is 9.24. The molecule has 2 N–H and O–H groups in total. The third kappa shape index (κ3) is 3.97. The molecule has 0 saturated carbocycles. The van der Waals surface area contributed by atoms with Crippen LogP contribution in [-0.4, -0.2) is 44.5 Å². The summed E-state index contributed by atoms with van der Waals surface area (Å²) in [6.45, 7) is 2.07. The highest BCUT2D eigenvalue weighted by Gasteiger charge is 2.13. The van der Waals surface area contributed by atoms with E-state index in [1.165, 1.54) is 6.42 Å². The van der Waals surface area contributed by atoms with Gasteiger partial charge < -0.3 is 15.5 Å². The Morgan fingerprint density at radius 1 is 1.50 bits per heavy atom. The third-order valence-corrected chi connectivity index (χ3v) is 3.21. The number of nitrogens with one attached hydrogen (secondary N) is 2. The molecule has 0 bridgehead atoms. The molecular formula is C15H21N5. The lowest BCUT2D eigenvalue weighted by Gasteiger charge is -2.24. The minimum atomic E-state index is 0.436. The van der Waals surface area contributed by atoms with Gasteiger partial charge in [-0.05, 0) is 37.6 Å². The fraction of sp³-hybridized carbons (Fsp3) is 0.467. The quantitative estimate of drug-likeness (QED) is 0.649. The molecule has 1 aromatic rings. The van der Waals surface area contributed by atoms with Gasteiger partial charge in [0, 0.05) is 32.4 Å². The number of benzene rings is 1. The van der Waals surface area contributed by atoms with Crippen LogP contribution in [0.15, 0.2) is 23.2 Å². The molecule has 1 atom stereocenters. The number of nitriles is 1. The van der Waals surface area contributed by atoms with Crippen molar-refractivity contribution in [3.05, 3.63) is 23.8 Å². The van der Waals surface area contributed by atoms with Gasteiger partial charge in [-0.25, -0.2) is 4.99 Å². The number of hydrogen-bond acceptors (Lipinski definition) is 4. The number of anilines is 1. The Morgan fingerprint density at radius 2 is 2.35 bits per heavy atom. The van der Waals surface area contributed by atoms with Gasteiger partial charge in [0.15, 0.2) is 0 Å². The van der Waals surface area contributed by atoms with Gasteiger partial charge in [-0.15, -0.1) is 0 Å². The van der Waals surface area contributed by atoms with Gasteiger partial charge in [-0.2, -0.15) is 5.26 Å². The maximum Gasteiger partial charge on any atom is 0.101 e. The Kier molecular flexibility index (Phi) is 4.97. The van der Waals surface area contributed by atoms with Crippen molar-refractivity contribution in [1.82, 2.24) is 10.2 Å². The Morgan fingerprint density at radius 3 is 3.00 bits per heavy atom. The van der Waals surface area contributed by atoms with E-state index in [4.69, 9.17) is 0 Å². The van der Waals surface area contributed by atoms with Gasteiger partial charge in [-0.1, -0.05) is 0 Å². The van der Waals surface area contributed by atoms with Gasteiger partial charge >= 0.3 is 0 Å². The molecule has 1 aromatic carbocycles. The SMILES string of the molecule is CN(C)/C=N/c1ccc(NC2CCCNC2)cc1C#N. The van der Waals surface area contributed by atoms with Crippen molar-refractivity contribution in [1.29, 1.82) is 5.26 Å². The molecule has 0 aliphatic carbocycles. The van der Waals surface area contributed by atoms with Crippen LogP contribution >= 0.6 is 0 Å². The molecule has 0 aromatic heterocycles. The molecule has 0 spiro atoms. The van der Waals surface area contributed by atoms with Gasteiger partial charge in [-0.3, -0.25) is 0 Å². The summed E-state index contributed by atoms with van der Waals surface area (Å²) in [5, 5.41) is 16.1. The summed E-state index contributed by atoms with van der Waals surface area (Å²) in [5.74, 6) is 0. The molecule has 1 unspecified atom stereocenters. The summed E-state index contributed by atoms with van der Waals surface area (Å²) in [6.07, 6.45) is 4.05. The largest absolute Gasteiger partial charge is 0.381 e. The average Bonchev–Trinajstić information content (AvgIpc) is 2.46. The molecule has 20 heavy (non-hydrogen) atoms. The zero-order chi connectivity index (χ0) is 14.4. The lowest BCUT2D eigenvalue weighted by atomic mass is 10.1. The number of rotatable bonds is 4. The zero-order valence-electron chi connectivity index (χ0n) is 12.1. The van der Waals surface area contributed by atoms with Crippen LogP contribution in [0.2, 0.25) is 0 Å². The third-order valence-electron chi connectivity index (χ3n) is 3.21. The number of hydrogen-bond donors (Lipinski definition) is 2. The van der Waals surface area contributed by atoms with Crippen molar-refractivity contribution >= 4 is 17.7 Å². The molecule has 0 amide bonds. The first-order chi connectivity index (χ1) is 9.69. The standard InChI is InChI=1S/C15H21N5/c1-20(2)11-18-15-6-5-13(8-12(15)9-16)19-14-4-3-7-17-10-14/h5-6,8,11,14,17,19H,3-4,7,10H2,1-2H3/b18-11+. The van der Waals surface area contributed by atoms with E-state index in [1.54, 1.807) is 6.34 Å². The molecule has 106 valence electrons. The second-order valence-corrected chi connectivity index (χ2v) is 5.24. The van der Waals surface area contributed by atoms with E-state index in [2.05, 4.69) is 21.7 Å². The van der Waals surface area contributed by atoms with Gasteiger partial charge in [0.2, 0.25) is 0 Å². The zero-order valence-corrected chi connectivity index (χ0v) is 12.1. The topological polar surface area (TPSA) is 63.4 Å². The van der Waals surface area contributed by atoms with E-state index < -0.39 is 0 Å². The Bertz CT molecular complexity index is 509. The van der Waals surface area contributed by atoms with E-state index in [9.17, 15) is 5.26 Å². The summed E-state index contributed by atoms with van der Waals surface area (Å²) in [5.41, 5.74) is 2.28. The predicted molar refractivity (Wildman–Crippen MR) is 82.5 cm³/mol. The molecular weight excluding hydrogens is 250 g/mol. The first-order valence-electron chi connectivity index (χ1n) is 6.91. The fourth-order valence-electron chi connectivity index (χ4n) is 2.22. The molecule has 1 aliphatic rings. The second kappa shape index (κ2) is 6.92. The number of nitrogens with zero attached hydrogens (tertiary/aromatic N) is 3. The second-order valence-electron chi connectivity index (χ2n) is 5.24. The highest BCUT2D eigenvalue weighted by Crippen LogP contribution is 2.23. The van der Waals surface area contributed by atoms with Crippen molar-refractivity contribution in [2.75, 3.05) is 32.5 Å². The van der Waals surface area contributed by atoms with Crippen LogP contribution in [0.1, 0.15) is 18.4 Å². The van der Waals surface area contributed by atoms with Crippen LogP contribution in [0.4, 0.5) is 11.4 Å². The van der Waals surface area contributed by atoms with Crippen molar-refractivity contribution in [2.45, 2.75) is 18.9 Å². The number of piperidine rings is 1. The maximum absolute atomic E-state index is 9.24. The Hall–Kier alpha value is -2.06. The van der Waals surface area contributed by atoms with Crippen molar-refractivity contribution in [3.8, 4) is 6.07 Å². The fourth-order valence-corrected chi connectivity index (χ4v) is 2.22. The first-order valence-corrected chi connectivity index (χ1v) is 6.91. The number of aliphatic imine (C=N–C) groups is 1. The summed E-state index contributed by atoms with van der Waals surface area (Å²) in [6, 6.07) is 8.39. The molecule has 1 saturated heterocycles. The smallest absolute Gasteiger partial charge is 0.101 e. The predicted octanol–water partition coefficient (Wildman–Crippen LogP) is 1.94. The normalized spacial score (nSPS) is 18.8. The van der Waals surface area contributed by atoms with Gasteiger partial charge in [0.25, 0.3) is 0 Å². The summed E-state index contributed by atoms with van der Waals surface area (Å²) in [4.78, 5) is 6.15. The van der Waals surface area contributed by atoms with Crippen molar-refractivity contribution in [2.24, 2.45) is 4.99 Å². The highest BCUT2D eigenvalue weighted by molar-refractivity contribution is 5.68. The molecule has 2 rings (SSSR count). The monoisotopic (exact) mass is 271 g/mol. The van der Waals surface area contributed by atoms with Crippen LogP contribution in [0.3, 0.4) is 0 Å². The van der Waals surface area contributed by atoms with E-state index in [1.807, 2.05) is 37.2 Å². The van der Waals surface area contributed by atoms with Crippen LogP contribution in [-0.2, 0) is 0 Å². The molecule has 5 nitrogen and oxygen atoms in total. The first kappa shape index (κ1) is 14.4. The molecule has 5 heteroatoms. The summed E-state index contributed by atoms with van der Waals surface area (Å²) >= 11 is 0. The van der Waals surface area contributed by atoms with Gasteiger partial charge in [0.05, 0.1) is 17.6 Å².